The Morgan fingerprint density at radius 2 is 1.97 bits per heavy atom. The van der Waals surface area contributed by atoms with Crippen LogP contribution in [0.15, 0.2) is 52.7 Å². The number of non-ortho nitro benzene ring substituents is 1. The third-order valence-electron chi connectivity index (χ3n) is 4.10. The molecule has 1 atom stereocenters. The van der Waals surface area contributed by atoms with Gasteiger partial charge in [0, 0.05) is 17.7 Å². The molecule has 0 bridgehead atoms. The van der Waals surface area contributed by atoms with Crippen LogP contribution in [0.1, 0.15) is 17.5 Å². The highest BCUT2D eigenvalue weighted by atomic mass is 32.2. The number of nitro benzene ring substituents is 1. The number of carboxylic acids is 1. The maximum Gasteiger partial charge on any atom is 0.416 e. The van der Waals surface area contributed by atoms with Crippen molar-refractivity contribution in [1.82, 2.24) is 5.32 Å². The Labute approximate surface area is 187 Å². The average Bonchev–Trinajstić information content (AvgIpc) is 3.07. The van der Waals surface area contributed by atoms with Gasteiger partial charge in [0.05, 0.1) is 23.1 Å². The van der Waals surface area contributed by atoms with E-state index in [0.717, 1.165) is 54.4 Å². The predicted molar refractivity (Wildman–Crippen MR) is 111 cm³/mol. The molecular formula is C19H13F3N4O6S. The molecule has 10 nitrogen and oxygen atoms in total. The van der Waals surface area contributed by atoms with Crippen LogP contribution in [0.3, 0.4) is 0 Å². The summed E-state index contributed by atoms with van der Waals surface area (Å²) in [4.78, 5) is 32.9. The molecule has 0 spiro atoms. The van der Waals surface area contributed by atoms with Gasteiger partial charge in [-0.3, -0.25) is 19.7 Å². The zero-order valence-corrected chi connectivity index (χ0v) is 17.1. The highest BCUT2D eigenvalue weighted by Crippen LogP contribution is 2.32. The van der Waals surface area contributed by atoms with Gasteiger partial charge in [-0.25, -0.2) is 0 Å². The summed E-state index contributed by atoms with van der Waals surface area (Å²) in [5.74, 6) is -1.60. The fourth-order valence-electron chi connectivity index (χ4n) is 2.57. The number of rotatable bonds is 7. The molecule has 0 aromatic heterocycles. The van der Waals surface area contributed by atoms with E-state index in [1.54, 1.807) is 0 Å². The van der Waals surface area contributed by atoms with Crippen molar-refractivity contribution in [3.63, 3.8) is 0 Å². The molecule has 0 aliphatic carbocycles. The van der Waals surface area contributed by atoms with Gasteiger partial charge in [0.2, 0.25) is 5.91 Å². The van der Waals surface area contributed by atoms with Crippen LogP contribution in [0.2, 0.25) is 0 Å². The number of aliphatic carboxylic acids is 1. The fourth-order valence-corrected chi connectivity index (χ4v) is 3.49. The predicted octanol–water partition coefficient (Wildman–Crippen LogP) is 3.80. The molecule has 1 amide bonds. The van der Waals surface area contributed by atoms with Crippen molar-refractivity contribution in [1.29, 1.82) is 0 Å². The summed E-state index contributed by atoms with van der Waals surface area (Å²) in [6.07, 6.45) is -3.83. The van der Waals surface area contributed by atoms with Crippen molar-refractivity contribution >= 4 is 40.7 Å². The lowest BCUT2D eigenvalue weighted by Crippen LogP contribution is -2.26. The van der Waals surface area contributed by atoms with E-state index in [0.29, 0.717) is 0 Å². The molecule has 14 heteroatoms. The highest BCUT2D eigenvalue weighted by molar-refractivity contribution is 8.15. The molecule has 0 saturated carbocycles. The summed E-state index contributed by atoms with van der Waals surface area (Å²) in [5, 5.41) is 28.9. The van der Waals surface area contributed by atoms with Gasteiger partial charge in [0.25, 0.3) is 5.69 Å². The fraction of sp³-hybridized carbons (Fsp3) is 0.158. The second-order valence-electron chi connectivity index (χ2n) is 6.45. The largest absolute Gasteiger partial charge is 0.481 e. The van der Waals surface area contributed by atoms with Gasteiger partial charge in [-0.15, -0.1) is 5.10 Å². The van der Waals surface area contributed by atoms with Crippen LogP contribution in [-0.2, 0) is 15.8 Å². The van der Waals surface area contributed by atoms with Crippen molar-refractivity contribution in [2.75, 3.05) is 0 Å². The molecule has 33 heavy (non-hydrogen) atoms. The number of benzene rings is 2. The first-order valence-corrected chi connectivity index (χ1v) is 9.85. The minimum atomic E-state index is -4.51. The van der Waals surface area contributed by atoms with E-state index in [-0.39, 0.29) is 27.9 Å². The number of halogens is 3. The van der Waals surface area contributed by atoms with Crippen LogP contribution in [-0.4, -0.2) is 38.5 Å². The third-order valence-corrected chi connectivity index (χ3v) is 5.17. The number of ether oxygens (including phenoxy) is 1. The highest BCUT2D eigenvalue weighted by Gasteiger charge is 2.32. The number of nitrogens with zero attached hydrogens (tertiary/aromatic N) is 3. The number of hydrogen-bond acceptors (Lipinski definition) is 8. The summed E-state index contributed by atoms with van der Waals surface area (Å²) < 4.78 is 43.7. The lowest BCUT2D eigenvalue weighted by Gasteiger charge is -2.10. The molecule has 2 N–H and O–H groups in total. The summed E-state index contributed by atoms with van der Waals surface area (Å²) in [7, 11) is 0. The Morgan fingerprint density at radius 3 is 2.58 bits per heavy atom. The van der Waals surface area contributed by atoms with E-state index < -0.39 is 40.2 Å². The van der Waals surface area contributed by atoms with Crippen molar-refractivity contribution < 1.29 is 37.5 Å². The Bertz CT molecular complexity index is 1150. The Hall–Kier alpha value is -3.94. The molecule has 1 aliphatic rings. The Balaban J connectivity index is 1.82. The molecule has 1 heterocycles. The van der Waals surface area contributed by atoms with Crippen LogP contribution in [0, 0.1) is 10.1 Å². The van der Waals surface area contributed by atoms with Crippen LogP contribution >= 0.6 is 11.8 Å². The zero-order valence-electron chi connectivity index (χ0n) is 16.3. The number of carboxylic acid groups (broad SMARTS) is 1. The average molecular weight is 482 g/mol. The molecule has 3 rings (SSSR count). The van der Waals surface area contributed by atoms with E-state index >= 15 is 0 Å². The van der Waals surface area contributed by atoms with Crippen molar-refractivity contribution in [2.45, 2.75) is 17.8 Å². The van der Waals surface area contributed by atoms with Crippen LogP contribution in [0.5, 0.6) is 11.5 Å². The maximum absolute atomic E-state index is 12.7. The first-order chi connectivity index (χ1) is 15.5. The standard InChI is InChI=1S/C19H13F3N4O6S/c20-19(21,22)11-1-4-13(5-2-11)32-14-6-3-12(26(30)31)7-10(14)9-23-25-18-24-17(29)15(33-18)8-16(27)28/h1-7,9,15H,8H2,(H,27,28)(H,24,25,29). The topological polar surface area (TPSA) is 143 Å². The number of nitrogens with one attached hydrogen (secondary N) is 1. The minimum Gasteiger partial charge on any atom is -0.481 e. The lowest BCUT2D eigenvalue weighted by atomic mass is 10.2. The van der Waals surface area contributed by atoms with Gasteiger partial charge >= 0.3 is 12.1 Å². The minimum absolute atomic E-state index is 0.0399. The molecule has 1 fully saturated rings. The number of amidine groups is 1. The number of nitro groups is 1. The van der Waals surface area contributed by atoms with E-state index in [4.69, 9.17) is 9.84 Å². The second kappa shape index (κ2) is 9.68. The Morgan fingerprint density at radius 1 is 1.27 bits per heavy atom. The van der Waals surface area contributed by atoms with Gasteiger partial charge in [0.1, 0.15) is 16.7 Å². The van der Waals surface area contributed by atoms with Crippen LogP contribution in [0.4, 0.5) is 18.9 Å². The van der Waals surface area contributed by atoms with E-state index in [9.17, 15) is 32.9 Å². The summed E-state index contributed by atoms with van der Waals surface area (Å²) in [6, 6.07) is 7.36. The van der Waals surface area contributed by atoms with Crippen molar-refractivity contribution in [3.8, 4) is 11.5 Å². The normalized spacial score (nSPS) is 17.4. The molecule has 0 radical (unpaired) electrons. The second-order valence-corrected chi connectivity index (χ2v) is 7.64. The molecule has 2 aromatic rings. The number of hydrogen-bond donors (Lipinski definition) is 2. The first-order valence-electron chi connectivity index (χ1n) is 8.97. The van der Waals surface area contributed by atoms with E-state index in [2.05, 4.69) is 15.5 Å². The van der Waals surface area contributed by atoms with Gasteiger partial charge in [-0.1, -0.05) is 11.8 Å². The van der Waals surface area contributed by atoms with Crippen molar-refractivity contribution in [3.05, 3.63) is 63.7 Å². The number of alkyl halides is 3. The van der Waals surface area contributed by atoms with E-state index in [1.165, 1.54) is 6.07 Å². The molecular weight excluding hydrogens is 469 g/mol. The first kappa shape index (κ1) is 23.7. The molecule has 1 unspecified atom stereocenters. The van der Waals surface area contributed by atoms with E-state index in [1.807, 2.05) is 0 Å². The SMILES string of the molecule is O=C(O)CC1SC(=NN=Cc2cc([N+](=O)[O-])ccc2Oc2ccc(C(F)(F)F)cc2)NC1=O. The molecule has 1 aliphatic heterocycles. The smallest absolute Gasteiger partial charge is 0.416 e. The number of thioether (sulfide) groups is 1. The van der Waals surface area contributed by atoms with Gasteiger partial charge in [-0.2, -0.15) is 18.3 Å². The van der Waals surface area contributed by atoms with Crippen LogP contribution < -0.4 is 10.1 Å². The quantitative estimate of drug-likeness (QED) is 0.347. The van der Waals surface area contributed by atoms with Gasteiger partial charge in [0.15, 0.2) is 5.17 Å². The third kappa shape index (κ3) is 6.29. The van der Waals surface area contributed by atoms with Crippen molar-refractivity contribution in [2.24, 2.45) is 10.2 Å². The number of carbonyl (C=O) groups excluding carboxylic acids is 1. The monoisotopic (exact) mass is 482 g/mol. The Kier molecular flexibility index (Phi) is 6.96. The van der Waals surface area contributed by atoms with Crippen LogP contribution in [0.25, 0.3) is 0 Å². The molecule has 2 aromatic carbocycles. The number of carbonyl (C=O) groups is 2. The summed E-state index contributed by atoms with van der Waals surface area (Å²) in [5.41, 5.74) is -1.08. The maximum atomic E-state index is 12.7. The summed E-state index contributed by atoms with van der Waals surface area (Å²) in [6.45, 7) is 0. The summed E-state index contributed by atoms with van der Waals surface area (Å²) >= 11 is 0.864. The number of amides is 1. The lowest BCUT2D eigenvalue weighted by molar-refractivity contribution is -0.384. The molecule has 172 valence electrons. The molecule has 1 saturated heterocycles. The van der Waals surface area contributed by atoms with Gasteiger partial charge < -0.3 is 15.2 Å². The van der Waals surface area contributed by atoms with Gasteiger partial charge in [-0.05, 0) is 30.3 Å². The zero-order chi connectivity index (χ0) is 24.2.